The molecular formula is C20H31N3O. The standard InChI is InChI=1S/C20H31N3O/c1-20(2,3)23-13-8-6-5-7-11-21-18-15-17(24-4)14-16-10-9-12-22-19(16)18/h9-10,12,14-15,21,23H,5-8,11,13H2,1-4H3. The monoisotopic (exact) mass is 329 g/mol. The fraction of sp³-hybridized carbons (Fsp3) is 0.550. The fourth-order valence-corrected chi connectivity index (χ4v) is 2.71. The summed E-state index contributed by atoms with van der Waals surface area (Å²) in [5.41, 5.74) is 2.29. The van der Waals surface area contributed by atoms with Crippen LogP contribution in [0.15, 0.2) is 30.5 Å². The van der Waals surface area contributed by atoms with E-state index in [2.05, 4.69) is 42.5 Å². The lowest BCUT2D eigenvalue weighted by Gasteiger charge is -2.20. The van der Waals surface area contributed by atoms with Crippen molar-refractivity contribution >= 4 is 16.6 Å². The molecule has 0 bridgehead atoms. The minimum atomic E-state index is 0.224. The van der Waals surface area contributed by atoms with Crippen LogP contribution in [0.1, 0.15) is 46.5 Å². The van der Waals surface area contributed by atoms with E-state index in [1.807, 2.05) is 24.4 Å². The van der Waals surface area contributed by atoms with Crippen molar-refractivity contribution in [3.8, 4) is 5.75 Å². The summed E-state index contributed by atoms with van der Waals surface area (Å²) in [6.07, 6.45) is 6.75. The van der Waals surface area contributed by atoms with E-state index in [0.717, 1.165) is 35.4 Å². The van der Waals surface area contributed by atoms with E-state index in [1.165, 1.54) is 25.7 Å². The number of pyridine rings is 1. The molecular weight excluding hydrogens is 298 g/mol. The molecule has 0 saturated heterocycles. The minimum Gasteiger partial charge on any atom is -0.497 e. The van der Waals surface area contributed by atoms with Gasteiger partial charge < -0.3 is 15.4 Å². The first-order chi connectivity index (χ1) is 11.5. The summed E-state index contributed by atoms with van der Waals surface area (Å²) < 4.78 is 5.39. The van der Waals surface area contributed by atoms with Crippen LogP contribution in [0.5, 0.6) is 5.75 Å². The minimum absolute atomic E-state index is 0.224. The van der Waals surface area contributed by atoms with Crippen molar-refractivity contribution in [2.75, 3.05) is 25.5 Å². The number of benzene rings is 1. The highest BCUT2D eigenvalue weighted by atomic mass is 16.5. The Labute approximate surface area is 146 Å². The van der Waals surface area contributed by atoms with E-state index >= 15 is 0 Å². The van der Waals surface area contributed by atoms with Crippen LogP contribution in [0.4, 0.5) is 5.69 Å². The van der Waals surface area contributed by atoms with Crippen molar-refractivity contribution in [3.63, 3.8) is 0 Å². The maximum absolute atomic E-state index is 5.39. The molecule has 0 unspecified atom stereocenters. The van der Waals surface area contributed by atoms with Crippen molar-refractivity contribution < 1.29 is 4.74 Å². The number of anilines is 1. The Morgan fingerprint density at radius 1 is 1.04 bits per heavy atom. The third kappa shape index (κ3) is 6.00. The maximum Gasteiger partial charge on any atom is 0.121 e. The second kappa shape index (κ2) is 8.88. The van der Waals surface area contributed by atoms with Crippen molar-refractivity contribution in [2.24, 2.45) is 0 Å². The molecule has 2 N–H and O–H groups in total. The molecule has 1 aromatic carbocycles. The molecule has 0 saturated carbocycles. The van der Waals surface area contributed by atoms with Crippen LogP contribution in [-0.2, 0) is 0 Å². The molecule has 0 aliphatic carbocycles. The molecule has 4 heteroatoms. The molecule has 2 aromatic rings. The summed E-state index contributed by atoms with van der Waals surface area (Å²) in [7, 11) is 1.70. The summed E-state index contributed by atoms with van der Waals surface area (Å²) >= 11 is 0. The number of hydrogen-bond donors (Lipinski definition) is 2. The van der Waals surface area contributed by atoms with Crippen LogP contribution < -0.4 is 15.4 Å². The number of nitrogens with one attached hydrogen (secondary N) is 2. The predicted molar refractivity (Wildman–Crippen MR) is 103 cm³/mol. The van der Waals surface area contributed by atoms with Crippen LogP contribution in [0, 0.1) is 0 Å². The number of aromatic nitrogens is 1. The number of rotatable bonds is 9. The summed E-state index contributed by atoms with van der Waals surface area (Å²) in [5, 5.41) is 8.16. The predicted octanol–water partition coefficient (Wildman–Crippen LogP) is 4.60. The van der Waals surface area contributed by atoms with Crippen LogP contribution in [-0.4, -0.2) is 30.7 Å². The summed E-state index contributed by atoms with van der Waals surface area (Å²) in [6, 6.07) is 8.08. The first-order valence-electron chi connectivity index (χ1n) is 8.91. The van der Waals surface area contributed by atoms with Gasteiger partial charge in [-0.05, 0) is 52.3 Å². The quantitative estimate of drug-likeness (QED) is 0.660. The van der Waals surface area contributed by atoms with Crippen molar-refractivity contribution in [2.45, 2.75) is 52.0 Å². The Balaban J connectivity index is 1.75. The Morgan fingerprint density at radius 2 is 1.79 bits per heavy atom. The molecule has 132 valence electrons. The second-order valence-corrected chi connectivity index (χ2v) is 7.27. The van der Waals surface area contributed by atoms with Gasteiger partial charge in [-0.1, -0.05) is 18.9 Å². The van der Waals surface area contributed by atoms with Gasteiger partial charge >= 0.3 is 0 Å². The van der Waals surface area contributed by atoms with Crippen LogP contribution >= 0.6 is 0 Å². The summed E-state index contributed by atoms with van der Waals surface area (Å²) in [6.45, 7) is 8.70. The molecule has 24 heavy (non-hydrogen) atoms. The smallest absolute Gasteiger partial charge is 0.121 e. The van der Waals surface area contributed by atoms with E-state index in [-0.39, 0.29) is 5.54 Å². The summed E-state index contributed by atoms with van der Waals surface area (Å²) in [5.74, 6) is 0.867. The van der Waals surface area contributed by atoms with Crippen molar-refractivity contribution in [3.05, 3.63) is 30.5 Å². The Hall–Kier alpha value is -1.81. The van der Waals surface area contributed by atoms with E-state index in [9.17, 15) is 0 Å². The normalized spacial score (nSPS) is 11.7. The highest BCUT2D eigenvalue weighted by Crippen LogP contribution is 2.27. The first-order valence-corrected chi connectivity index (χ1v) is 8.91. The number of methoxy groups -OCH3 is 1. The van der Waals surface area contributed by atoms with Crippen LogP contribution in [0.3, 0.4) is 0 Å². The Kier molecular flexibility index (Phi) is 6.85. The zero-order valence-corrected chi connectivity index (χ0v) is 15.5. The first kappa shape index (κ1) is 18.5. The van der Waals surface area contributed by atoms with Gasteiger partial charge in [-0.25, -0.2) is 0 Å². The highest BCUT2D eigenvalue weighted by Gasteiger charge is 2.07. The zero-order valence-electron chi connectivity index (χ0n) is 15.5. The van der Waals surface area contributed by atoms with E-state index in [4.69, 9.17) is 4.74 Å². The highest BCUT2D eigenvalue weighted by molar-refractivity contribution is 5.91. The lowest BCUT2D eigenvalue weighted by molar-refractivity contribution is 0.415. The molecule has 0 aliphatic heterocycles. The van der Waals surface area contributed by atoms with Gasteiger partial charge in [0.1, 0.15) is 5.75 Å². The van der Waals surface area contributed by atoms with Gasteiger partial charge in [0, 0.05) is 29.7 Å². The lowest BCUT2D eigenvalue weighted by Crippen LogP contribution is -2.36. The third-order valence-electron chi connectivity index (χ3n) is 3.99. The molecule has 0 amide bonds. The fourth-order valence-electron chi connectivity index (χ4n) is 2.71. The topological polar surface area (TPSA) is 46.2 Å². The molecule has 1 heterocycles. The van der Waals surface area contributed by atoms with E-state index < -0.39 is 0 Å². The molecule has 0 atom stereocenters. The molecule has 0 spiro atoms. The average Bonchev–Trinajstić information content (AvgIpc) is 2.55. The molecule has 1 aromatic heterocycles. The van der Waals surface area contributed by atoms with Crippen molar-refractivity contribution in [1.82, 2.24) is 10.3 Å². The number of unbranched alkanes of at least 4 members (excludes halogenated alkanes) is 3. The van der Waals surface area contributed by atoms with Crippen LogP contribution in [0.25, 0.3) is 10.9 Å². The number of ether oxygens (including phenoxy) is 1. The Bertz CT molecular complexity index is 634. The van der Waals surface area contributed by atoms with Gasteiger partial charge in [-0.3, -0.25) is 4.98 Å². The lowest BCUT2D eigenvalue weighted by atomic mass is 10.1. The van der Waals surface area contributed by atoms with Gasteiger partial charge in [0.2, 0.25) is 0 Å². The summed E-state index contributed by atoms with van der Waals surface area (Å²) in [4.78, 5) is 4.49. The van der Waals surface area contributed by atoms with Crippen molar-refractivity contribution in [1.29, 1.82) is 0 Å². The molecule has 0 fully saturated rings. The molecule has 0 radical (unpaired) electrons. The van der Waals surface area contributed by atoms with Gasteiger partial charge in [0.25, 0.3) is 0 Å². The molecule has 0 aliphatic rings. The number of fused-ring (bicyclic) bond motifs is 1. The Morgan fingerprint density at radius 3 is 2.50 bits per heavy atom. The molecule has 2 rings (SSSR count). The van der Waals surface area contributed by atoms with Gasteiger partial charge in [-0.15, -0.1) is 0 Å². The van der Waals surface area contributed by atoms with Crippen LogP contribution in [0.2, 0.25) is 0 Å². The molecule has 4 nitrogen and oxygen atoms in total. The zero-order chi connectivity index (χ0) is 17.4. The third-order valence-corrected chi connectivity index (χ3v) is 3.99. The largest absolute Gasteiger partial charge is 0.497 e. The van der Waals surface area contributed by atoms with Gasteiger partial charge in [-0.2, -0.15) is 0 Å². The number of nitrogens with zero attached hydrogens (tertiary/aromatic N) is 1. The van der Waals surface area contributed by atoms with Gasteiger partial charge in [0.05, 0.1) is 18.3 Å². The van der Waals surface area contributed by atoms with E-state index in [1.54, 1.807) is 7.11 Å². The maximum atomic E-state index is 5.39. The second-order valence-electron chi connectivity index (χ2n) is 7.27. The average molecular weight is 329 g/mol. The SMILES string of the molecule is COc1cc(NCCCCCCNC(C)(C)C)c2ncccc2c1. The number of hydrogen-bond acceptors (Lipinski definition) is 4. The van der Waals surface area contributed by atoms with E-state index in [0.29, 0.717) is 0 Å². The van der Waals surface area contributed by atoms with Gasteiger partial charge in [0.15, 0.2) is 0 Å².